The van der Waals surface area contributed by atoms with Crippen LogP contribution >= 0.6 is 0 Å². The molecule has 6 nitrogen and oxygen atoms in total. The molecular formula is C81H60N3O3+3. The Morgan fingerprint density at radius 3 is 1.44 bits per heavy atom. The first kappa shape index (κ1) is 49.1. The van der Waals surface area contributed by atoms with Crippen molar-refractivity contribution in [3.05, 3.63) is 252 Å². The SMILES string of the molecule is CC1(C)c2cc3c(ccc4ccccc43)c3c2-c2c1c1c(ccc4ccccc41)c[n+]2CO3.CC1(C)c2cc3c(ccc4ccccc43)c3c2-c2c1c1ccc4ccccc4c1c[n+]2CO3.CC1(C)c2cccc3c2-c2c1cc1ccccc1[n+]2CO3. The summed E-state index contributed by atoms with van der Waals surface area (Å²) in [5.41, 5.74) is 17.2. The van der Waals surface area contributed by atoms with Crippen LogP contribution in [0.15, 0.2) is 219 Å². The van der Waals surface area contributed by atoms with Gasteiger partial charge in [-0.1, -0.05) is 193 Å². The van der Waals surface area contributed by atoms with E-state index in [-0.39, 0.29) is 16.2 Å². The van der Waals surface area contributed by atoms with Gasteiger partial charge in [0, 0.05) is 65.9 Å². The molecule has 0 saturated carbocycles. The molecule has 0 bridgehead atoms. The van der Waals surface area contributed by atoms with Gasteiger partial charge in [0.15, 0.2) is 12.4 Å². The lowest BCUT2D eigenvalue weighted by molar-refractivity contribution is -0.716. The third-order valence-electron chi connectivity index (χ3n) is 20.9. The highest BCUT2D eigenvalue weighted by molar-refractivity contribution is 6.17. The number of aromatic nitrogens is 3. The maximum atomic E-state index is 6.54. The smallest absolute Gasteiger partial charge is 0.293 e. The monoisotopic (exact) mass is 1120 g/mol. The maximum absolute atomic E-state index is 6.54. The Balaban J connectivity index is 0.0000000977. The molecule has 3 aliphatic carbocycles. The number of nitrogens with zero attached hydrogens (tertiary/aromatic N) is 3. The van der Waals surface area contributed by atoms with E-state index in [0.29, 0.717) is 20.2 Å². The molecule has 0 amide bonds. The molecule has 0 radical (unpaired) electrons. The van der Waals surface area contributed by atoms with Gasteiger partial charge in [-0.15, -0.1) is 0 Å². The van der Waals surface area contributed by atoms with Gasteiger partial charge in [-0.2, -0.15) is 13.7 Å². The van der Waals surface area contributed by atoms with Crippen molar-refractivity contribution in [2.45, 2.75) is 78.0 Å². The van der Waals surface area contributed by atoms with Gasteiger partial charge in [0.1, 0.15) is 17.2 Å². The lowest BCUT2D eigenvalue weighted by Gasteiger charge is -2.22. The second kappa shape index (κ2) is 17.0. The van der Waals surface area contributed by atoms with Gasteiger partial charge < -0.3 is 14.2 Å². The lowest BCUT2D eigenvalue weighted by Crippen LogP contribution is -2.42. The van der Waals surface area contributed by atoms with Crippen molar-refractivity contribution < 1.29 is 27.9 Å². The van der Waals surface area contributed by atoms with E-state index in [9.17, 15) is 0 Å². The second-order valence-electron chi connectivity index (χ2n) is 26.4. The van der Waals surface area contributed by atoms with E-state index in [1.807, 2.05) is 0 Å². The molecule has 0 fully saturated rings. The van der Waals surface area contributed by atoms with Crippen molar-refractivity contribution in [2.75, 3.05) is 0 Å². The Morgan fingerprint density at radius 2 is 0.805 bits per heavy atom. The number of ether oxygens (including phenoxy) is 3. The number of benzene rings is 12. The standard InChI is InChI=1S/2C31H22NO.C19H16NO/c1-31(2)26-15-24-20-9-5-3-7-18(20)12-14-23(24)30-27(26)29-28(31)22-13-11-19-8-4-6-10-21(19)25(22)16-32(29)17-33-30;1-31(2)25-15-24-21-9-5-3-7-18(21)13-14-23(24)30-27(25)29-28(31)26-20(16-32(29)17-33-30)12-11-19-8-4-6-10-22(19)26;1-19(2)13-7-5-9-16-17(13)18-14(19)10-12-6-3-4-8-15(12)20(18)11-21-16/h2*3-16H,17H2,1-2H3;3-10H,11H2,1-2H3/q3*+1. The minimum Gasteiger partial charge on any atom is -0.435 e. The summed E-state index contributed by atoms with van der Waals surface area (Å²) in [6.07, 6.45) is 4.58. The molecule has 3 aliphatic heterocycles. The van der Waals surface area contributed by atoms with Crippen LogP contribution in [0.3, 0.4) is 0 Å². The quantitative estimate of drug-likeness (QED) is 0.112. The first-order valence-corrected chi connectivity index (χ1v) is 30.7. The molecule has 6 aliphatic rings. The minimum absolute atomic E-state index is 0.0279. The molecule has 0 unspecified atom stereocenters. The van der Waals surface area contributed by atoms with E-state index in [0.717, 1.165) is 17.2 Å². The molecular weight excluding hydrogens is 1060 g/mol. The van der Waals surface area contributed by atoms with Gasteiger partial charge in [-0.25, -0.2) is 0 Å². The van der Waals surface area contributed by atoms with E-state index < -0.39 is 0 Å². The molecule has 0 atom stereocenters. The number of para-hydroxylation sites is 1. The van der Waals surface area contributed by atoms with Crippen molar-refractivity contribution in [2.24, 2.45) is 0 Å². The minimum atomic E-state index is -0.135. The number of fused-ring (bicyclic) bond motifs is 18. The molecule has 87 heavy (non-hydrogen) atoms. The molecule has 0 N–H and O–H groups in total. The Morgan fingerprint density at radius 1 is 0.310 bits per heavy atom. The van der Waals surface area contributed by atoms with Crippen LogP contribution in [0.25, 0.3) is 131 Å². The molecule has 6 heterocycles. The van der Waals surface area contributed by atoms with Crippen molar-refractivity contribution in [3.63, 3.8) is 0 Å². The number of hydrogen-bond donors (Lipinski definition) is 0. The largest absolute Gasteiger partial charge is 0.435 e. The average Bonchev–Trinajstić information content (AvgIpc) is 1.60. The summed E-state index contributed by atoms with van der Waals surface area (Å²) in [6.45, 7) is 15.8. The molecule has 3 aromatic heterocycles. The third kappa shape index (κ3) is 6.42. The van der Waals surface area contributed by atoms with Crippen LogP contribution in [-0.2, 0) is 36.4 Å². The maximum Gasteiger partial charge on any atom is 0.293 e. The Hall–Kier alpha value is -10.2. The zero-order valence-electron chi connectivity index (χ0n) is 49.5. The van der Waals surface area contributed by atoms with Gasteiger partial charge >= 0.3 is 0 Å². The van der Waals surface area contributed by atoms with Crippen LogP contribution in [0.5, 0.6) is 17.2 Å². The van der Waals surface area contributed by atoms with Crippen molar-refractivity contribution >= 4 is 97.1 Å². The van der Waals surface area contributed by atoms with Crippen LogP contribution in [0.2, 0.25) is 0 Å². The first-order valence-electron chi connectivity index (χ1n) is 30.7. The van der Waals surface area contributed by atoms with E-state index in [4.69, 9.17) is 14.2 Å². The van der Waals surface area contributed by atoms with Gasteiger partial charge in [0.05, 0.1) is 22.1 Å². The lowest BCUT2D eigenvalue weighted by atomic mass is 9.79. The van der Waals surface area contributed by atoms with Crippen molar-refractivity contribution in [1.29, 1.82) is 0 Å². The predicted molar refractivity (Wildman–Crippen MR) is 352 cm³/mol. The average molecular weight is 1120 g/mol. The number of pyridine rings is 3. The summed E-state index contributed by atoms with van der Waals surface area (Å²) in [5, 5.41) is 21.9. The van der Waals surface area contributed by atoms with Gasteiger partial charge in [0.2, 0.25) is 22.6 Å². The summed E-state index contributed by atoms with van der Waals surface area (Å²) in [6, 6.07) is 75.1. The molecule has 21 rings (SSSR count). The van der Waals surface area contributed by atoms with E-state index in [2.05, 4.69) is 274 Å². The molecule has 0 saturated heterocycles. The summed E-state index contributed by atoms with van der Waals surface area (Å²) in [4.78, 5) is 0. The van der Waals surface area contributed by atoms with Crippen molar-refractivity contribution in [3.8, 4) is 51.0 Å². The van der Waals surface area contributed by atoms with E-state index in [1.165, 1.54) is 164 Å². The highest BCUT2D eigenvalue weighted by Gasteiger charge is 2.50. The fraction of sp³-hybridized carbons (Fsp3) is 0.148. The zero-order valence-corrected chi connectivity index (χ0v) is 49.5. The fourth-order valence-electron chi connectivity index (χ4n) is 16.8. The second-order valence-corrected chi connectivity index (χ2v) is 26.4. The van der Waals surface area contributed by atoms with Gasteiger partial charge in [-0.05, 0) is 124 Å². The highest BCUT2D eigenvalue weighted by Crippen LogP contribution is 2.60. The molecule has 12 aromatic carbocycles. The molecule has 414 valence electrons. The van der Waals surface area contributed by atoms with E-state index >= 15 is 0 Å². The summed E-state index contributed by atoms with van der Waals surface area (Å²) >= 11 is 0. The van der Waals surface area contributed by atoms with E-state index in [1.54, 1.807) is 0 Å². The Labute approximate surface area is 503 Å². The van der Waals surface area contributed by atoms with Crippen LogP contribution in [-0.4, -0.2) is 0 Å². The summed E-state index contributed by atoms with van der Waals surface area (Å²) in [7, 11) is 0. The van der Waals surface area contributed by atoms with Crippen LogP contribution in [0, 0.1) is 0 Å². The highest BCUT2D eigenvalue weighted by atomic mass is 16.5. The Bertz CT molecular complexity index is 5700. The number of rotatable bonds is 0. The number of hydrogen-bond acceptors (Lipinski definition) is 3. The third-order valence-corrected chi connectivity index (χ3v) is 20.9. The van der Waals surface area contributed by atoms with Crippen molar-refractivity contribution in [1.82, 2.24) is 0 Å². The molecule has 6 heteroatoms. The molecule has 15 aromatic rings. The predicted octanol–water partition coefficient (Wildman–Crippen LogP) is 18.3. The van der Waals surface area contributed by atoms with Crippen LogP contribution in [0.4, 0.5) is 0 Å². The van der Waals surface area contributed by atoms with Gasteiger partial charge in [-0.3, -0.25) is 0 Å². The summed E-state index contributed by atoms with van der Waals surface area (Å²) < 4.78 is 26.1. The van der Waals surface area contributed by atoms with Gasteiger partial charge in [0.25, 0.3) is 20.2 Å². The Kier molecular flexibility index (Phi) is 9.63. The first-order chi connectivity index (χ1) is 42.4. The zero-order chi connectivity index (χ0) is 58.0. The van der Waals surface area contributed by atoms with Crippen LogP contribution in [0.1, 0.15) is 74.9 Å². The molecule has 0 spiro atoms. The van der Waals surface area contributed by atoms with Crippen LogP contribution < -0.4 is 27.9 Å². The topological polar surface area (TPSA) is 39.3 Å². The summed E-state index contributed by atoms with van der Waals surface area (Å²) in [5.74, 6) is 3.11. The fourth-order valence-corrected chi connectivity index (χ4v) is 16.8. The normalized spacial score (nSPS) is 15.7.